The predicted molar refractivity (Wildman–Crippen MR) is 84.6 cm³/mol. The number of aliphatic carboxylic acids is 1. The van der Waals surface area contributed by atoms with Gasteiger partial charge in [-0.3, -0.25) is 14.5 Å². The Labute approximate surface area is 137 Å². The van der Waals surface area contributed by atoms with E-state index in [4.69, 9.17) is 5.73 Å². The number of amides is 1. The predicted octanol–water partition coefficient (Wildman–Crippen LogP) is 0.598. The Morgan fingerprint density at radius 3 is 2.95 bits per heavy atom. The van der Waals surface area contributed by atoms with E-state index in [1.165, 1.54) is 28.0 Å². The van der Waals surface area contributed by atoms with Gasteiger partial charge in [0.05, 0.1) is 0 Å². The molecule has 0 spiro atoms. The highest BCUT2D eigenvalue weighted by Crippen LogP contribution is 2.40. The van der Waals surface area contributed by atoms with Crippen molar-refractivity contribution in [2.45, 2.75) is 11.4 Å². The SMILES string of the molecule is NC1C(=O)N2C(C(=O)O)=C(CSC(=O)c3nccs3)CS[C@@H]12. The zero-order valence-corrected chi connectivity index (χ0v) is 13.5. The first kappa shape index (κ1) is 15.5. The van der Waals surface area contributed by atoms with Crippen molar-refractivity contribution in [2.24, 2.45) is 5.73 Å². The number of carboxylic acids is 1. The second-order valence-electron chi connectivity index (χ2n) is 4.61. The van der Waals surface area contributed by atoms with Crippen molar-refractivity contribution in [2.75, 3.05) is 11.5 Å². The summed E-state index contributed by atoms with van der Waals surface area (Å²) < 4.78 is 0. The van der Waals surface area contributed by atoms with Crippen LogP contribution in [0.4, 0.5) is 0 Å². The van der Waals surface area contributed by atoms with Crippen molar-refractivity contribution >= 4 is 51.9 Å². The van der Waals surface area contributed by atoms with E-state index in [0.29, 0.717) is 16.3 Å². The maximum Gasteiger partial charge on any atom is 0.352 e. The molecule has 116 valence electrons. The molecule has 10 heteroatoms. The van der Waals surface area contributed by atoms with Gasteiger partial charge >= 0.3 is 5.97 Å². The average Bonchev–Trinajstić information content (AvgIpc) is 3.05. The molecule has 2 aliphatic rings. The third-order valence-corrected chi connectivity index (χ3v) is 6.49. The van der Waals surface area contributed by atoms with Crippen molar-refractivity contribution in [1.82, 2.24) is 9.88 Å². The fraction of sp³-hybridized carbons (Fsp3) is 0.333. The lowest BCUT2D eigenvalue weighted by molar-refractivity contribution is -0.147. The second kappa shape index (κ2) is 6.03. The molecule has 1 saturated heterocycles. The second-order valence-corrected chi connectivity index (χ2v) is 7.55. The minimum Gasteiger partial charge on any atom is -0.477 e. The molecule has 7 nitrogen and oxygen atoms in total. The molecule has 0 aromatic carbocycles. The molecule has 22 heavy (non-hydrogen) atoms. The van der Waals surface area contributed by atoms with Crippen LogP contribution in [0.15, 0.2) is 22.8 Å². The number of β-lactam (4-membered cyclic amide) rings is 1. The lowest BCUT2D eigenvalue weighted by atomic mass is 10.0. The van der Waals surface area contributed by atoms with E-state index in [-0.39, 0.29) is 27.8 Å². The normalized spacial score (nSPS) is 24.0. The van der Waals surface area contributed by atoms with Gasteiger partial charge in [0.25, 0.3) is 0 Å². The van der Waals surface area contributed by atoms with Crippen LogP contribution in [0.1, 0.15) is 9.80 Å². The molecule has 0 bridgehead atoms. The summed E-state index contributed by atoms with van der Waals surface area (Å²) in [5, 5.41) is 10.9. The Kier molecular flexibility index (Phi) is 4.26. The lowest BCUT2D eigenvalue weighted by Gasteiger charge is -2.48. The molecule has 1 fully saturated rings. The van der Waals surface area contributed by atoms with Crippen LogP contribution < -0.4 is 5.73 Å². The summed E-state index contributed by atoms with van der Waals surface area (Å²) in [5.41, 5.74) is 6.20. The number of thioether (sulfide) groups is 2. The molecule has 0 saturated carbocycles. The van der Waals surface area contributed by atoms with Gasteiger partial charge < -0.3 is 10.8 Å². The molecular weight excluding hydrogens is 346 g/mol. The van der Waals surface area contributed by atoms with Gasteiger partial charge in [-0.25, -0.2) is 9.78 Å². The van der Waals surface area contributed by atoms with Gasteiger partial charge in [0.2, 0.25) is 11.0 Å². The average molecular weight is 357 g/mol. The van der Waals surface area contributed by atoms with Gasteiger partial charge in [-0.2, -0.15) is 0 Å². The number of nitrogens with zero attached hydrogens (tertiary/aromatic N) is 2. The molecule has 0 radical (unpaired) electrons. The van der Waals surface area contributed by atoms with Crippen molar-refractivity contribution in [3.05, 3.63) is 27.9 Å². The number of aromatic nitrogens is 1. The highest BCUT2D eigenvalue weighted by atomic mass is 32.2. The van der Waals surface area contributed by atoms with Crippen LogP contribution in [0.25, 0.3) is 0 Å². The summed E-state index contributed by atoms with van der Waals surface area (Å²) in [6, 6.07) is -0.648. The lowest BCUT2D eigenvalue weighted by Crippen LogP contribution is -2.68. The fourth-order valence-corrected chi connectivity index (χ4v) is 5.16. The topological polar surface area (TPSA) is 114 Å². The highest BCUT2D eigenvalue weighted by molar-refractivity contribution is 8.14. The summed E-state index contributed by atoms with van der Waals surface area (Å²) in [6.07, 6.45) is 1.54. The zero-order valence-electron chi connectivity index (χ0n) is 11.1. The van der Waals surface area contributed by atoms with Gasteiger partial charge in [-0.05, 0) is 5.57 Å². The molecule has 1 aromatic heterocycles. The monoisotopic (exact) mass is 357 g/mol. The standard InChI is InChI=1S/C12H11N3O4S3/c13-6-9(16)15-7(11(17)18)5(3-21-10(6)15)4-22-12(19)8-14-1-2-20-8/h1-2,6,10H,3-4,13H2,(H,17,18)/t6?,10-/m0/s1. The van der Waals surface area contributed by atoms with Crippen LogP contribution >= 0.6 is 34.9 Å². The Bertz CT molecular complexity index is 673. The molecule has 3 heterocycles. The molecule has 2 atom stereocenters. The van der Waals surface area contributed by atoms with Gasteiger partial charge in [0.1, 0.15) is 17.1 Å². The maximum atomic E-state index is 11.9. The number of carbonyl (C=O) groups excluding carboxylic acids is 2. The first-order chi connectivity index (χ1) is 10.5. The number of hydrogen-bond donors (Lipinski definition) is 2. The summed E-state index contributed by atoms with van der Waals surface area (Å²) in [6.45, 7) is 0. The molecule has 3 N–H and O–H groups in total. The molecule has 1 amide bonds. The third kappa shape index (κ3) is 2.56. The number of hydrogen-bond acceptors (Lipinski definition) is 8. The fourth-order valence-electron chi connectivity index (χ4n) is 2.23. The smallest absolute Gasteiger partial charge is 0.352 e. The summed E-state index contributed by atoms with van der Waals surface area (Å²) in [5.74, 6) is -0.882. The van der Waals surface area contributed by atoms with Crippen molar-refractivity contribution in [3.8, 4) is 0 Å². The van der Waals surface area contributed by atoms with E-state index < -0.39 is 12.0 Å². The number of fused-ring (bicyclic) bond motifs is 1. The van der Waals surface area contributed by atoms with Crippen molar-refractivity contribution < 1.29 is 19.5 Å². The van der Waals surface area contributed by atoms with Crippen LogP contribution in [-0.2, 0) is 9.59 Å². The zero-order chi connectivity index (χ0) is 15.9. The summed E-state index contributed by atoms with van der Waals surface area (Å²) in [4.78, 5) is 40.3. The largest absolute Gasteiger partial charge is 0.477 e. The van der Waals surface area contributed by atoms with E-state index in [2.05, 4.69) is 4.98 Å². The van der Waals surface area contributed by atoms with Gasteiger partial charge in [0.15, 0.2) is 5.01 Å². The van der Waals surface area contributed by atoms with Crippen LogP contribution in [0.2, 0.25) is 0 Å². The Morgan fingerprint density at radius 2 is 2.32 bits per heavy atom. The number of rotatable bonds is 4. The molecule has 0 aliphatic carbocycles. The first-order valence-electron chi connectivity index (χ1n) is 6.23. The number of nitrogens with two attached hydrogens (primary N) is 1. The summed E-state index contributed by atoms with van der Waals surface area (Å²) >= 11 is 3.66. The van der Waals surface area contributed by atoms with E-state index >= 15 is 0 Å². The molecule has 3 rings (SSSR count). The van der Waals surface area contributed by atoms with Crippen molar-refractivity contribution in [3.63, 3.8) is 0 Å². The quantitative estimate of drug-likeness (QED) is 0.753. The Hall–Kier alpha value is -1.36. The molecular formula is C12H11N3O4S3. The van der Waals surface area contributed by atoms with Crippen LogP contribution in [0.5, 0.6) is 0 Å². The van der Waals surface area contributed by atoms with E-state index in [1.54, 1.807) is 11.6 Å². The first-order valence-corrected chi connectivity index (χ1v) is 9.14. The van der Waals surface area contributed by atoms with Crippen molar-refractivity contribution in [1.29, 1.82) is 0 Å². The maximum absolute atomic E-state index is 11.9. The van der Waals surface area contributed by atoms with Gasteiger partial charge in [-0.15, -0.1) is 23.1 Å². The minimum absolute atomic E-state index is 0.0325. The van der Waals surface area contributed by atoms with Gasteiger partial charge in [0, 0.05) is 23.1 Å². The van der Waals surface area contributed by atoms with E-state index in [0.717, 1.165) is 11.8 Å². The van der Waals surface area contributed by atoms with E-state index in [1.807, 2.05) is 0 Å². The summed E-state index contributed by atoms with van der Waals surface area (Å²) in [7, 11) is 0. The highest BCUT2D eigenvalue weighted by Gasteiger charge is 2.51. The Balaban J connectivity index is 1.77. The van der Waals surface area contributed by atoms with Crippen LogP contribution in [-0.4, -0.2) is 54.9 Å². The van der Waals surface area contributed by atoms with E-state index in [9.17, 15) is 19.5 Å². The van der Waals surface area contributed by atoms with Gasteiger partial charge in [-0.1, -0.05) is 11.8 Å². The molecule has 1 aromatic rings. The number of carbonyl (C=O) groups is 3. The molecule has 1 unspecified atom stereocenters. The van der Waals surface area contributed by atoms with Crippen LogP contribution in [0, 0.1) is 0 Å². The Morgan fingerprint density at radius 1 is 1.55 bits per heavy atom. The van der Waals surface area contributed by atoms with Crippen LogP contribution in [0.3, 0.4) is 0 Å². The number of carboxylic acid groups (broad SMARTS) is 1. The minimum atomic E-state index is -1.16. The third-order valence-electron chi connectivity index (χ3n) is 3.28. The number of thiazole rings is 1. The molecule has 2 aliphatic heterocycles.